The molecule has 17 nitrogen and oxygen atoms in total. The average Bonchev–Trinajstić information content (AvgIpc) is 4.11. The van der Waals surface area contributed by atoms with Crippen LogP contribution in [-0.4, -0.2) is 150 Å². The number of rotatable bonds is 13. The van der Waals surface area contributed by atoms with E-state index >= 15 is 8.78 Å². The van der Waals surface area contributed by atoms with Crippen molar-refractivity contribution in [1.82, 2.24) is 40.3 Å². The van der Waals surface area contributed by atoms with Gasteiger partial charge in [-0.25, -0.2) is 13.8 Å². The third kappa shape index (κ3) is 9.47. The zero-order chi connectivity index (χ0) is 52.4. The first-order valence-corrected chi connectivity index (χ1v) is 26.7. The summed E-state index contributed by atoms with van der Waals surface area (Å²) in [6.07, 6.45) is 12.6. The zero-order valence-electron chi connectivity index (χ0n) is 42.6. The Labute approximate surface area is 439 Å². The van der Waals surface area contributed by atoms with E-state index in [0.29, 0.717) is 61.8 Å². The van der Waals surface area contributed by atoms with Gasteiger partial charge in [-0.2, -0.15) is 15.2 Å². The van der Waals surface area contributed by atoms with Crippen molar-refractivity contribution >= 4 is 50.9 Å². The number of benzene rings is 3. The number of nitriles is 1. The Morgan fingerprint density at radius 3 is 2.36 bits per heavy atom. The summed E-state index contributed by atoms with van der Waals surface area (Å²) in [5.74, 6) is 1.22. The molecular weight excluding hydrogens is 973 g/mol. The van der Waals surface area contributed by atoms with Gasteiger partial charge in [-0.1, -0.05) is 12.0 Å². The van der Waals surface area contributed by atoms with Crippen LogP contribution in [0, 0.1) is 52.6 Å². The van der Waals surface area contributed by atoms with Crippen molar-refractivity contribution in [3.8, 4) is 47.3 Å². The Kier molecular flexibility index (Phi) is 13.1. The maximum Gasteiger partial charge on any atom is 0.319 e. The summed E-state index contributed by atoms with van der Waals surface area (Å²) < 4.78 is 45.3. The monoisotopic (exact) mass is 1030 g/mol. The molecule has 8 heterocycles. The topological polar surface area (TPSA) is 193 Å². The number of carbonyl (C=O) groups excluding carboxylic acids is 3. The van der Waals surface area contributed by atoms with Crippen LogP contribution in [0.25, 0.3) is 32.9 Å². The summed E-state index contributed by atoms with van der Waals surface area (Å²) in [7, 11) is 1.44. The minimum atomic E-state index is -0.822. The number of anilines is 2. The van der Waals surface area contributed by atoms with Gasteiger partial charge in [0.1, 0.15) is 40.0 Å². The molecule has 3 amide bonds. The number of aromatic nitrogens is 3. The van der Waals surface area contributed by atoms with Crippen LogP contribution in [0.4, 0.5) is 20.3 Å². The largest absolute Gasteiger partial charge is 0.508 e. The van der Waals surface area contributed by atoms with Crippen molar-refractivity contribution in [2.45, 2.75) is 82.5 Å². The fourth-order valence-electron chi connectivity index (χ4n) is 13.0. The van der Waals surface area contributed by atoms with Crippen LogP contribution in [0.2, 0.25) is 0 Å². The van der Waals surface area contributed by atoms with E-state index < -0.39 is 23.6 Å². The maximum absolute atomic E-state index is 17.6. The molecule has 7 aliphatic rings. The number of ether oxygens (including phenoxy) is 2. The molecule has 394 valence electrons. The molecule has 76 heavy (non-hydrogen) atoms. The van der Waals surface area contributed by atoms with Crippen molar-refractivity contribution < 1.29 is 37.7 Å². The Bertz CT molecular complexity index is 3240. The van der Waals surface area contributed by atoms with Gasteiger partial charge in [-0.05, 0) is 104 Å². The molecule has 1 aliphatic carbocycles. The number of nitrogens with zero attached hydrogens (tertiary/aromatic N) is 9. The number of phenolic OH excluding ortho intramolecular Hbond substituents is 1. The number of piperazine rings is 2. The number of imide groups is 1. The molecule has 12 rings (SSSR count). The first kappa shape index (κ1) is 49.7. The second-order valence-corrected chi connectivity index (χ2v) is 22.2. The van der Waals surface area contributed by atoms with E-state index in [9.17, 15) is 24.8 Å². The van der Waals surface area contributed by atoms with Crippen LogP contribution in [0.15, 0.2) is 42.5 Å². The van der Waals surface area contributed by atoms with Gasteiger partial charge in [0.2, 0.25) is 17.7 Å². The summed E-state index contributed by atoms with van der Waals surface area (Å²) in [5.41, 5.74) is 2.22. The van der Waals surface area contributed by atoms with Crippen LogP contribution in [0.5, 0.6) is 17.6 Å². The minimum Gasteiger partial charge on any atom is -0.508 e. The molecule has 5 saturated heterocycles. The molecule has 0 radical (unpaired) electrons. The molecule has 6 fully saturated rings. The number of methoxy groups -OCH3 is 1. The number of nitrogens with one attached hydrogen (secondary N) is 2. The molecular formula is C57H61F2N11O6. The summed E-state index contributed by atoms with van der Waals surface area (Å²) in [6.45, 7) is 9.41. The molecule has 0 spiro atoms. The Morgan fingerprint density at radius 1 is 0.882 bits per heavy atom. The highest BCUT2D eigenvalue weighted by molar-refractivity contribution is 6.06. The van der Waals surface area contributed by atoms with Gasteiger partial charge >= 0.3 is 6.01 Å². The highest BCUT2D eigenvalue weighted by atomic mass is 19.1. The standard InChI is InChI=1S/C57H61F2N11O6/c1-3-41-44(58)7-4-35-25-40(71)26-43(47(35)41)50-49(59)51-48(54(63-50)75-2)52(69-29-37-22-34(10-15-60)23-38(30-69)61-37)65-56(64-51)76-32-57(13-14-57)31-67-20-18-66(19-21-67)27-33-11-16-68(17-12-33)39-5-6-42-36(24-39)28-70(55(42)74)45-8-9-46(72)62-53(45)73/h1,4-7,24-26,33-34,37-38,45,61,71H,8-14,16-23,27-32H2,2H3,(H,62,72,73). The minimum absolute atomic E-state index is 0.0209. The first-order valence-electron chi connectivity index (χ1n) is 26.7. The number of fused-ring (bicyclic) bond motifs is 5. The molecule has 1 saturated carbocycles. The quantitative estimate of drug-likeness (QED) is 0.0955. The lowest BCUT2D eigenvalue weighted by Gasteiger charge is -2.45. The van der Waals surface area contributed by atoms with Crippen LogP contribution in [0.3, 0.4) is 0 Å². The zero-order valence-corrected chi connectivity index (χ0v) is 42.6. The lowest BCUT2D eigenvalue weighted by molar-refractivity contribution is -0.136. The lowest BCUT2D eigenvalue weighted by atomic mass is 9.83. The normalized spacial score (nSPS) is 23.9. The highest BCUT2D eigenvalue weighted by Crippen LogP contribution is 2.48. The number of terminal acetylenes is 1. The Morgan fingerprint density at radius 2 is 1.64 bits per heavy atom. The Balaban J connectivity index is 0.714. The first-order chi connectivity index (χ1) is 36.9. The summed E-state index contributed by atoms with van der Waals surface area (Å²) in [5, 5.41) is 27.3. The van der Waals surface area contributed by atoms with Crippen LogP contribution >= 0.6 is 0 Å². The Hall–Kier alpha value is -7.19. The highest BCUT2D eigenvalue weighted by Gasteiger charge is 2.46. The fourth-order valence-corrected chi connectivity index (χ4v) is 13.0. The van der Waals surface area contributed by atoms with Gasteiger partial charge in [0.05, 0.1) is 25.3 Å². The van der Waals surface area contributed by atoms with Crippen molar-refractivity contribution in [3.05, 3.63) is 70.8 Å². The molecule has 2 aromatic heterocycles. The number of amides is 3. The van der Waals surface area contributed by atoms with E-state index in [2.05, 4.69) is 53.3 Å². The molecule has 19 heteroatoms. The van der Waals surface area contributed by atoms with Crippen molar-refractivity contribution in [3.63, 3.8) is 0 Å². The van der Waals surface area contributed by atoms with Crippen LogP contribution in [0.1, 0.15) is 79.3 Å². The third-order valence-corrected chi connectivity index (χ3v) is 17.1. The van der Waals surface area contributed by atoms with Crippen LogP contribution < -0.4 is 29.9 Å². The molecule has 6 aliphatic heterocycles. The molecule has 3 atom stereocenters. The number of phenols is 1. The van der Waals surface area contributed by atoms with E-state index in [0.717, 1.165) is 102 Å². The van der Waals surface area contributed by atoms with Gasteiger partial charge < -0.3 is 44.4 Å². The van der Waals surface area contributed by atoms with Gasteiger partial charge in [0, 0.05) is 125 Å². The van der Waals surface area contributed by atoms with E-state index in [-0.39, 0.29) is 92.4 Å². The predicted molar refractivity (Wildman–Crippen MR) is 280 cm³/mol. The smallest absolute Gasteiger partial charge is 0.319 e. The second-order valence-electron chi connectivity index (χ2n) is 22.2. The number of pyridine rings is 1. The summed E-state index contributed by atoms with van der Waals surface area (Å²) in [4.78, 5) is 63.2. The fraction of sp³-hybridized carbons (Fsp3) is 0.491. The van der Waals surface area contributed by atoms with E-state index in [1.807, 2.05) is 12.1 Å². The van der Waals surface area contributed by atoms with Gasteiger partial charge in [-0.3, -0.25) is 19.7 Å². The van der Waals surface area contributed by atoms with Crippen molar-refractivity contribution in [2.24, 2.45) is 17.3 Å². The number of carbonyl (C=O) groups is 3. The predicted octanol–water partition coefficient (Wildman–Crippen LogP) is 5.74. The SMILES string of the molecule is C#Cc1c(F)ccc2cc(O)cc(-c3nc(OC)c4c(N5CC6CC(CC#N)CC(C5)N6)nc(OCC5(CN6CCN(CC7CCN(c8ccc9c(c8)CN(C8CCC(=O)NC8=O)C9=O)CC7)CC6)CC5)nc4c3F)c12. The van der Waals surface area contributed by atoms with E-state index in [1.54, 1.807) is 4.90 Å². The molecule has 5 aromatic rings. The number of piperidine rings is 3. The molecule has 3 N–H and O–H groups in total. The molecule has 3 unspecified atom stereocenters. The second kappa shape index (κ2) is 20.1. The van der Waals surface area contributed by atoms with E-state index in [1.165, 1.54) is 31.4 Å². The van der Waals surface area contributed by atoms with Gasteiger partial charge in [0.15, 0.2) is 5.82 Å². The summed E-state index contributed by atoms with van der Waals surface area (Å²) >= 11 is 0. The lowest BCUT2D eigenvalue weighted by Crippen LogP contribution is -2.60. The number of hydrogen-bond donors (Lipinski definition) is 3. The average molecular weight is 1030 g/mol. The van der Waals surface area contributed by atoms with Crippen LogP contribution in [-0.2, 0) is 16.1 Å². The van der Waals surface area contributed by atoms with Crippen molar-refractivity contribution in [2.75, 3.05) is 89.0 Å². The third-order valence-electron chi connectivity index (χ3n) is 17.1. The number of aromatic hydroxyl groups is 1. The van der Waals surface area contributed by atoms with Crippen molar-refractivity contribution in [1.29, 1.82) is 5.26 Å². The van der Waals surface area contributed by atoms with Gasteiger partial charge in [0.25, 0.3) is 5.91 Å². The maximum atomic E-state index is 17.6. The number of halogens is 2. The number of hydrogen-bond acceptors (Lipinski definition) is 15. The molecule has 2 bridgehead atoms. The van der Waals surface area contributed by atoms with Gasteiger partial charge in [-0.15, -0.1) is 6.42 Å². The van der Waals surface area contributed by atoms with E-state index in [4.69, 9.17) is 25.9 Å². The summed E-state index contributed by atoms with van der Waals surface area (Å²) in [6, 6.07) is 13.3. The molecule has 3 aromatic carbocycles.